The zero-order valence-electron chi connectivity index (χ0n) is 12.0. The standard InChI is InChI=1S/C15H23N3O2/c1-10(2)8-13(14(17)19)18-15(20)12(16)9-11-6-4-3-5-7-11/h3-7,10,12-13H,8-9,16H2,1-2H3,(H2,17,19)(H,18,20)/t12-,13-/m0/s1. The van der Waals surface area contributed by atoms with Gasteiger partial charge in [-0.3, -0.25) is 9.59 Å². The molecule has 0 aromatic heterocycles. The van der Waals surface area contributed by atoms with Gasteiger partial charge < -0.3 is 16.8 Å². The summed E-state index contributed by atoms with van der Waals surface area (Å²) in [7, 11) is 0. The summed E-state index contributed by atoms with van der Waals surface area (Å²) in [6.45, 7) is 3.93. The van der Waals surface area contributed by atoms with Gasteiger partial charge >= 0.3 is 0 Å². The minimum Gasteiger partial charge on any atom is -0.368 e. The molecule has 1 aromatic rings. The van der Waals surface area contributed by atoms with E-state index >= 15 is 0 Å². The van der Waals surface area contributed by atoms with Crippen molar-refractivity contribution in [2.75, 3.05) is 0 Å². The first kappa shape index (κ1) is 16.2. The van der Waals surface area contributed by atoms with Crippen LogP contribution in [-0.2, 0) is 16.0 Å². The Balaban J connectivity index is 2.57. The fraction of sp³-hybridized carbons (Fsp3) is 0.467. The van der Waals surface area contributed by atoms with Crippen molar-refractivity contribution in [3.8, 4) is 0 Å². The van der Waals surface area contributed by atoms with E-state index in [2.05, 4.69) is 5.32 Å². The molecule has 0 bridgehead atoms. The molecule has 0 heterocycles. The Bertz CT molecular complexity index is 446. The van der Waals surface area contributed by atoms with Crippen LogP contribution >= 0.6 is 0 Å². The van der Waals surface area contributed by atoms with Gasteiger partial charge in [-0.15, -0.1) is 0 Å². The summed E-state index contributed by atoms with van der Waals surface area (Å²) in [5.74, 6) is -0.615. The van der Waals surface area contributed by atoms with Crippen LogP contribution in [0.15, 0.2) is 30.3 Å². The molecule has 2 atom stereocenters. The van der Waals surface area contributed by atoms with Crippen LogP contribution < -0.4 is 16.8 Å². The molecule has 2 amide bonds. The minimum atomic E-state index is -0.689. The third kappa shape index (κ3) is 5.40. The first-order valence-corrected chi connectivity index (χ1v) is 6.79. The third-order valence-electron chi connectivity index (χ3n) is 3.00. The maximum absolute atomic E-state index is 12.0. The van der Waals surface area contributed by atoms with Gasteiger partial charge in [0.15, 0.2) is 0 Å². The molecule has 5 N–H and O–H groups in total. The summed E-state index contributed by atoms with van der Waals surface area (Å²) in [5, 5.41) is 2.63. The lowest BCUT2D eigenvalue weighted by molar-refractivity contribution is -0.128. The van der Waals surface area contributed by atoms with Gasteiger partial charge in [-0.2, -0.15) is 0 Å². The number of amides is 2. The number of nitrogens with two attached hydrogens (primary N) is 2. The van der Waals surface area contributed by atoms with Gasteiger partial charge in [0, 0.05) is 0 Å². The minimum absolute atomic E-state index is 0.262. The van der Waals surface area contributed by atoms with E-state index in [1.165, 1.54) is 0 Å². The number of nitrogens with one attached hydrogen (secondary N) is 1. The summed E-state index contributed by atoms with van der Waals surface area (Å²) in [4.78, 5) is 23.3. The Morgan fingerprint density at radius 2 is 1.80 bits per heavy atom. The van der Waals surface area contributed by atoms with E-state index < -0.39 is 18.0 Å². The average molecular weight is 277 g/mol. The first-order valence-electron chi connectivity index (χ1n) is 6.79. The molecule has 0 saturated heterocycles. The summed E-state index contributed by atoms with van der Waals surface area (Å²) in [6.07, 6.45) is 0.943. The second-order valence-corrected chi connectivity index (χ2v) is 5.39. The average Bonchev–Trinajstić information content (AvgIpc) is 2.38. The number of benzene rings is 1. The van der Waals surface area contributed by atoms with E-state index in [0.29, 0.717) is 12.8 Å². The Hall–Kier alpha value is -1.88. The Morgan fingerprint density at radius 1 is 1.20 bits per heavy atom. The zero-order chi connectivity index (χ0) is 15.1. The highest BCUT2D eigenvalue weighted by molar-refractivity contribution is 5.89. The highest BCUT2D eigenvalue weighted by atomic mass is 16.2. The van der Waals surface area contributed by atoms with Gasteiger partial charge in [-0.25, -0.2) is 0 Å². The fourth-order valence-corrected chi connectivity index (χ4v) is 1.96. The molecule has 5 heteroatoms. The van der Waals surface area contributed by atoms with E-state index in [1.54, 1.807) is 0 Å². The van der Waals surface area contributed by atoms with E-state index in [9.17, 15) is 9.59 Å². The lowest BCUT2D eigenvalue weighted by atomic mass is 10.0. The topological polar surface area (TPSA) is 98.2 Å². The van der Waals surface area contributed by atoms with Crippen LogP contribution in [0.2, 0.25) is 0 Å². The summed E-state index contributed by atoms with van der Waals surface area (Å²) >= 11 is 0. The summed E-state index contributed by atoms with van der Waals surface area (Å²) in [6, 6.07) is 8.16. The quantitative estimate of drug-likeness (QED) is 0.679. The molecule has 0 aliphatic heterocycles. The number of primary amides is 1. The van der Waals surface area contributed by atoms with Crippen LogP contribution in [0.3, 0.4) is 0 Å². The summed E-state index contributed by atoms with van der Waals surface area (Å²) in [5.41, 5.74) is 12.1. The number of hydrogen-bond donors (Lipinski definition) is 3. The molecule has 0 spiro atoms. The Labute approximate surface area is 119 Å². The lowest BCUT2D eigenvalue weighted by Crippen LogP contribution is -2.51. The van der Waals surface area contributed by atoms with Crippen LogP contribution in [0.5, 0.6) is 0 Å². The van der Waals surface area contributed by atoms with Crippen molar-refractivity contribution in [3.05, 3.63) is 35.9 Å². The smallest absolute Gasteiger partial charge is 0.240 e. The van der Waals surface area contributed by atoms with Gasteiger partial charge in [0.1, 0.15) is 6.04 Å². The van der Waals surface area contributed by atoms with Gasteiger partial charge in [0.05, 0.1) is 6.04 Å². The number of hydrogen-bond acceptors (Lipinski definition) is 3. The predicted octanol–water partition coefficient (Wildman–Crippen LogP) is 0.573. The third-order valence-corrected chi connectivity index (χ3v) is 3.00. The van der Waals surface area contributed by atoms with Crippen LogP contribution in [0, 0.1) is 5.92 Å². The van der Waals surface area contributed by atoms with Crippen molar-refractivity contribution in [1.82, 2.24) is 5.32 Å². The molecule has 0 unspecified atom stereocenters. The van der Waals surface area contributed by atoms with Crippen LogP contribution in [0.25, 0.3) is 0 Å². The highest BCUT2D eigenvalue weighted by Gasteiger charge is 2.22. The molecule has 0 saturated carbocycles. The second kappa shape index (κ2) is 7.65. The monoisotopic (exact) mass is 277 g/mol. The number of rotatable bonds is 7. The van der Waals surface area contributed by atoms with Crippen molar-refractivity contribution in [2.24, 2.45) is 17.4 Å². The number of carbonyl (C=O) groups excluding carboxylic acids is 2. The molecule has 20 heavy (non-hydrogen) atoms. The molecule has 5 nitrogen and oxygen atoms in total. The molecule has 0 aliphatic carbocycles. The van der Waals surface area contributed by atoms with Crippen molar-refractivity contribution < 1.29 is 9.59 Å². The molecule has 1 aromatic carbocycles. The molecule has 1 rings (SSSR count). The Kier molecular flexibility index (Phi) is 6.18. The molecular formula is C15H23N3O2. The van der Waals surface area contributed by atoms with E-state index in [4.69, 9.17) is 11.5 Å². The maximum atomic E-state index is 12.0. The van der Waals surface area contributed by atoms with Gasteiger partial charge in [0.2, 0.25) is 11.8 Å². The molecule has 0 radical (unpaired) electrons. The van der Waals surface area contributed by atoms with E-state index in [1.807, 2.05) is 44.2 Å². The van der Waals surface area contributed by atoms with Crippen LogP contribution in [0.1, 0.15) is 25.8 Å². The van der Waals surface area contributed by atoms with Gasteiger partial charge in [0.25, 0.3) is 0 Å². The molecule has 0 aliphatic rings. The second-order valence-electron chi connectivity index (χ2n) is 5.39. The predicted molar refractivity (Wildman–Crippen MR) is 78.7 cm³/mol. The lowest BCUT2D eigenvalue weighted by Gasteiger charge is -2.20. The van der Waals surface area contributed by atoms with Crippen molar-refractivity contribution >= 4 is 11.8 Å². The largest absolute Gasteiger partial charge is 0.368 e. The summed E-state index contributed by atoms with van der Waals surface area (Å²) < 4.78 is 0. The molecule has 110 valence electrons. The SMILES string of the molecule is CC(C)C[C@H](NC(=O)[C@@H](N)Cc1ccccc1)C(N)=O. The fourth-order valence-electron chi connectivity index (χ4n) is 1.96. The van der Waals surface area contributed by atoms with E-state index in [0.717, 1.165) is 5.56 Å². The van der Waals surface area contributed by atoms with Crippen molar-refractivity contribution in [3.63, 3.8) is 0 Å². The highest BCUT2D eigenvalue weighted by Crippen LogP contribution is 2.06. The number of carbonyl (C=O) groups is 2. The Morgan fingerprint density at radius 3 is 2.30 bits per heavy atom. The van der Waals surface area contributed by atoms with Gasteiger partial charge in [-0.05, 0) is 24.3 Å². The van der Waals surface area contributed by atoms with E-state index in [-0.39, 0.29) is 11.8 Å². The normalized spacial score (nSPS) is 13.8. The zero-order valence-corrected chi connectivity index (χ0v) is 12.0. The van der Waals surface area contributed by atoms with Crippen molar-refractivity contribution in [2.45, 2.75) is 38.8 Å². The van der Waals surface area contributed by atoms with Gasteiger partial charge in [-0.1, -0.05) is 44.2 Å². The van der Waals surface area contributed by atoms with Crippen LogP contribution in [-0.4, -0.2) is 23.9 Å². The first-order chi connectivity index (χ1) is 9.40. The maximum Gasteiger partial charge on any atom is 0.240 e. The molecule has 0 fully saturated rings. The van der Waals surface area contributed by atoms with Crippen molar-refractivity contribution in [1.29, 1.82) is 0 Å². The van der Waals surface area contributed by atoms with Crippen LogP contribution in [0.4, 0.5) is 0 Å². The molecular weight excluding hydrogens is 254 g/mol.